The monoisotopic (exact) mass is 825 g/mol. The summed E-state index contributed by atoms with van der Waals surface area (Å²) in [4.78, 5) is 2.51. The Morgan fingerprint density at radius 1 is 0.323 bits per heavy atom. The van der Waals surface area contributed by atoms with E-state index in [2.05, 4.69) is 241 Å². The van der Waals surface area contributed by atoms with E-state index in [1.165, 1.54) is 66.1 Å². The highest BCUT2D eigenvalue weighted by atomic mass is 16.3. The largest absolute Gasteiger partial charge is 0.456 e. The van der Waals surface area contributed by atoms with Gasteiger partial charge in [0.15, 0.2) is 0 Å². The summed E-state index contributed by atoms with van der Waals surface area (Å²) in [6.07, 6.45) is 0. The number of rotatable bonds is 5. The summed E-state index contributed by atoms with van der Waals surface area (Å²) in [7, 11) is 0. The van der Waals surface area contributed by atoms with Gasteiger partial charge in [-0.3, -0.25) is 0 Å². The van der Waals surface area contributed by atoms with Crippen LogP contribution in [0.25, 0.3) is 88.0 Å². The Labute approximate surface area is 376 Å². The van der Waals surface area contributed by atoms with Gasteiger partial charge in [0, 0.05) is 27.6 Å². The van der Waals surface area contributed by atoms with Crippen molar-refractivity contribution in [2.24, 2.45) is 0 Å². The fourth-order valence-corrected chi connectivity index (χ4v) is 11.6. The van der Waals surface area contributed by atoms with E-state index in [9.17, 15) is 0 Å². The smallest absolute Gasteiger partial charge is 0.136 e. The van der Waals surface area contributed by atoms with Crippen LogP contribution in [-0.2, 0) is 5.41 Å². The van der Waals surface area contributed by atoms with Gasteiger partial charge in [-0.05, 0) is 120 Å². The van der Waals surface area contributed by atoms with Crippen molar-refractivity contribution >= 4 is 60.5 Å². The number of furan rings is 1. The van der Waals surface area contributed by atoms with E-state index in [-0.39, 0.29) is 0 Å². The van der Waals surface area contributed by atoms with Gasteiger partial charge in [0.2, 0.25) is 0 Å². The molecule has 2 aliphatic rings. The van der Waals surface area contributed by atoms with Crippen LogP contribution in [0.1, 0.15) is 22.3 Å². The molecule has 0 radical (unpaired) electrons. The lowest BCUT2D eigenvalue weighted by Crippen LogP contribution is -2.26. The molecule has 0 atom stereocenters. The van der Waals surface area contributed by atoms with E-state index in [0.29, 0.717) is 0 Å². The highest BCUT2D eigenvalue weighted by molar-refractivity contribution is 6.15. The third-order valence-electron chi connectivity index (χ3n) is 14.3. The van der Waals surface area contributed by atoms with Crippen LogP contribution in [0.3, 0.4) is 0 Å². The Morgan fingerprint density at radius 3 is 1.74 bits per heavy atom. The molecule has 0 bridgehead atoms. The van der Waals surface area contributed by atoms with Crippen LogP contribution in [0.15, 0.2) is 241 Å². The quantitative estimate of drug-likeness (QED) is 0.161. The van der Waals surface area contributed by atoms with Gasteiger partial charge in [0.1, 0.15) is 11.2 Å². The summed E-state index contributed by atoms with van der Waals surface area (Å²) in [5.74, 6) is 0. The molecule has 1 aromatic heterocycles. The van der Waals surface area contributed by atoms with Gasteiger partial charge in [-0.1, -0.05) is 194 Å². The zero-order valence-electron chi connectivity index (χ0n) is 35.4. The van der Waals surface area contributed by atoms with E-state index in [1.54, 1.807) is 0 Å². The number of benzene rings is 11. The van der Waals surface area contributed by atoms with Crippen molar-refractivity contribution < 1.29 is 4.42 Å². The molecule has 0 N–H and O–H groups in total. The topological polar surface area (TPSA) is 16.4 Å². The fourth-order valence-electron chi connectivity index (χ4n) is 11.6. The number of nitrogens with zero attached hydrogens (tertiary/aromatic N) is 1. The Morgan fingerprint density at radius 2 is 0.923 bits per heavy atom. The second-order valence-electron chi connectivity index (χ2n) is 17.5. The minimum atomic E-state index is -0.467. The molecule has 2 nitrogen and oxygen atoms in total. The minimum absolute atomic E-state index is 0.467. The molecule has 0 saturated heterocycles. The summed E-state index contributed by atoms with van der Waals surface area (Å²) in [5.41, 5.74) is 19.6. The lowest BCUT2D eigenvalue weighted by molar-refractivity contribution is 0.669. The lowest BCUT2D eigenvalue weighted by Gasteiger charge is -2.32. The Kier molecular flexibility index (Phi) is 7.64. The first kappa shape index (κ1) is 36.1. The molecule has 302 valence electrons. The van der Waals surface area contributed by atoms with Crippen LogP contribution in [0, 0.1) is 0 Å². The highest BCUT2D eigenvalue weighted by Crippen LogP contribution is 2.65. The molecular weight excluding hydrogens is 787 g/mol. The number of fused-ring (bicyclic) bond motifs is 16. The summed E-state index contributed by atoms with van der Waals surface area (Å²) < 4.78 is 6.73. The van der Waals surface area contributed by atoms with E-state index in [0.717, 1.165) is 61.3 Å². The maximum Gasteiger partial charge on any atom is 0.136 e. The van der Waals surface area contributed by atoms with Crippen LogP contribution in [-0.4, -0.2) is 0 Å². The molecule has 0 unspecified atom stereocenters. The van der Waals surface area contributed by atoms with Gasteiger partial charge >= 0.3 is 0 Å². The van der Waals surface area contributed by atoms with Crippen molar-refractivity contribution in [3.8, 4) is 44.5 Å². The molecule has 65 heavy (non-hydrogen) atoms. The van der Waals surface area contributed by atoms with E-state index < -0.39 is 5.41 Å². The molecule has 2 aliphatic carbocycles. The van der Waals surface area contributed by atoms with Gasteiger partial charge in [-0.25, -0.2) is 0 Å². The van der Waals surface area contributed by atoms with Crippen LogP contribution in [0.4, 0.5) is 17.1 Å². The molecule has 0 saturated carbocycles. The standard InChI is InChI=1S/C63H39NO/c1-2-16-40(17-3-1)47-20-9-13-29-57(47)64(58-30-15-28-56-62(58)51-23-8-12-27-55(51)63(56)53-25-10-6-21-49(53)50-22-7-11-26-54(50)63)44-35-37-59-52(39-44)61-48(24-14-31-60(61)65-59)43-34-36-46-42(38-43)33-32-41-18-4-5-19-45(41)46/h1-39H. The van der Waals surface area contributed by atoms with Crippen LogP contribution >= 0.6 is 0 Å². The molecule has 0 aliphatic heterocycles. The maximum atomic E-state index is 6.73. The van der Waals surface area contributed by atoms with Gasteiger partial charge in [0.05, 0.1) is 16.8 Å². The molecule has 1 spiro atoms. The predicted octanol–water partition coefficient (Wildman–Crippen LogP) is 17.0. The molecule has 1 heterocycles. The van der Waals surface area contributed by atoms with Gasteiger partial charge in [-0.2, -0.15) is 0 Å². The van der Waals surface area contributed by atoms with Crippen LogP contribution in [0.2, 0.25) is 0 Å². The summed E-state index contributed by atoms with van der Waals surface area (Å²) >= 11 is 0. The summed E-state index contributed by atoms with van der Waals surface area (Å²) in [6.45, 7) is 0. The molecule has 0 amide bonds. The first-order valence-electron chi connectivity index (χ1n) is 22.5. The minimum Gasteiger partial charge on any atom is -0.456 e. The van der Waals surface area contributed by atoms with Gasteiger partial charge in [0.25, 0.3) is 0 Å². The van der Waals surface area contributed by atoms with E-state index >= 15 is 0 Å². The number of hydrogen-bond acceptors (Lipinski definition) is 2. The van der Waals surface area contributed by atoms with Crippen LogP contribution in [0.5, 0.6) is 0 Å². The number of para-hydroxylation sites is 1. The van der Waals surface area contributed by atoms with Gasteiger partial charge < -0.3 is 9.32 Å². The second kappa shape index (κ2) is 13.8. The average molecular weight is 826 g/mol. The van der Waals surface area contributed by atoms with Crippen LogP contribution < -0.4 is 4.90 Å². The number of anilines is 3. The molecule has 14 rings (SSSR count). The normalized spacial score (nSPS) is 13.0. The Balaban J connectivity index is 1.04. The van der Waals surface area contributed by atoms with E-state index in [4.69, 9.17) is 4.42 Å². The molecule has 0 fully saturated rings. The third-order valence-corrected chi connectivity index (χ3v) is 14.3. The van der Waals surface area contributed by atoms with Gasteiger partial charge in [-0.15, -0.1) is 0 Å². The zero-order chi connectivity index (χ0) is 42.6. The van der Waals surface area contributed by atoms with Crippen molar-refractivity contribution in [2.75, 3.05) is 4.90 Å². The van der Waals surface area contributed by atoms with Crippen molar-refractivity contribution in [2.45, 2.75) is 5.41 Å². The summed E-state index contributed by atoms with van der Waals surface area (Å²) in [6, 6.07) is 87.0. The van der Waals surface area contributed by atoms with E-state index in [1.807, 2.05) is 0 Å². The maximum absolute atomic E-state index is 6.73. The SMILES string of the molecule is c1ccc(-c2ccccc2N(c2ccc3oc4cccc(-c5ccc6c(ccc7ccccc76)c5)c4c3c2)c2cccc3c2-c2ccccc2C32c3ccccc3-c3ccccc32)cc1. The molecular formula is C63H39NO. The van der Waals surface area contributed by atoms with Crippen molar-refractivity contribution in [3.63, 3.8) is 0 Å². The van der Waals surface area contributed by atoms with Crippen molar-refractivity contribution in [3.05, 3.63) is 259 Å². The van der Waals surface area contributed by atoms with Crippen molar-refractivity contribution in [1.29, 1.82) is 0 Å². The Bertz CT molecular complexity index is 3870. The first-order valence-corrected chi connectivity index (χ1v) is 22.5. The predicted molar refractivity (Wildman–Crippen MR) is 271 cm³/mol. The molecule has 11 aromatic carbocycles. The second-order valence-corrected chi connectivity index (χ2v) is 17.5. The molecule has 2 heteroatoms. The highest BCUT2D eigenvalue weighted by Gasteiger charge is 2.52. The summed E-state index contributed by atoms with van der Waals surface area (Å²) in [5, 5.41) is 7.20. The third kappa shape index (κ3) is 5.05. The van der Waals surface area contributed by atoms with Crippen molar-refractivity contribution in [1.82, 2.24) is 0 Å². The molecule has 12 aromatic rings. The Hall–Kier alpha value is -8.46. The zero-order valence-corrected chi connectivity index (χ0v) is 35.4. The lowest BCUT2D eigenvalue weighted by atomic mass is 9.70. The number of hydrogen-bond donors (Lipinski definition) is 0. The first-order chi connectivity index (χ1) is 32.3. The fraction of sp³-hybridized carbons (Fsp3) is 0.0159. The average Bonchev–Trinajstić information content (AvgIpc) is 4.01.